The van der Waals surface area contributed by atoms with Crippen molar-refractivity contribution in [3.63, 3.8) is 0 Å². The fraction of sp³-hybridized carbons (Fsp3) is 0.222. The number of carbonyl (C=O) groups is 1. The van der Waals surface area contributed by atoms with Crippen LogP contribution in [0.3, 0.4) is 0 Å². The normalized spacial score (nSPS) is 9.53. The van der Waals surface area contributed by atoms with Crippen LogP contribution >= 0.6 is 0 Å². The highest BCUT2D eigenvalue weighted by Crippen LogP contribution is 2.35. The summed E-state index contributed by atoms with van der Waals surface area (Å²) in [5.41, 5.74) is -0.274. The molecule has 0 bridgehead atoms. The molecule has 1 N–H and O–H groups in total. The van der Waals surface area contributed by atoms with E-state index in [0.29, 0.717) is 0 Å². The van der Waals surface area contributed by atoms with Crippen molar-refractivity contribution in [2.24, 2.45) is 4.36 Å². The summed E-state index contributed by atoms with van der Waals surface area (Å²) >= 11 is 0. The molecule has 0 unspecified atom stereocenters. The summed E-state index contributed by atoms with van der Waals surface area (Å²) in [4.78, 5) is 11.0. The van der Waals surface area contributed by atoms with Crippen LogP contribution in [0, 0.1) is 0 Å². The number of carboxylic acids is 1. The Morgan fingerprint density at radius 3 is 2.35 bits per heavy atom. The van der Waals surface area contributed by atoms with Gasteiger partial charge in [0.1, 0.15) is 5.56 Å². The summed E-state index contributed by atoms with van der Waals surface area (Å²) in [6, 6.07) is 2.35. The molecule has 92 valence electrons. The van der Waals surface area contributed by atoms with E-state index in [9.17, 15) is 13.2 Å². The Hall–Kier alpha value is -2.09. The Kier molecular flexibility index (Phi) is 4.05. The fourth-order valence-corrected chi connectivity index (χ4v) is 1.53. The Morgan fingerprint density at radius 1 is 1.29 bits per heavy atom. The minimum atomic E-state index is -2.67. The molecule has 0 amide bonds. The molecule has 7 nitrogen and oxygen atoms in total. The molecule has 0 heterocycles. The van der Waals surface area contributed by atoms with Gasteiger partial charge < -0.3 is 14.6 Å². The Bertz CT molecular complexity index is 569. The first-order valence-electron chi connectivity index (χ1n) is 4.30. The number of ether oxygens (including phenoxy) is 2. The lowest BCUT2D eigenvalue weighted by Crippen LogP contribution is -2.02. The standard InChI is InChI=1S/C9H9NO6S/c1-15-7-4-5(10-17(13)14)3-6(9(11)12)8(7)16-2/h3-4H,1-2H3,(H,11,12). The smallest absolute Gasteiger partial charge is 0.339 e. The molecule has 1 rings (SSSR count). The largest absolute Gasteiger partial charge is 0.493 e. The molecule has 8 heteroatoms. The van der Waals surface area contributed by atoms with Crippen LogP contribution in [0.25, 0.3) is 0 Å². The number of hydrogen-bond donors (Lipinski definition) is 1. The second-order valence-electron chi connectivity index (χ2n) is 2.84. The SMILES string of the molecule is COc1cc(N=S(=O)=O)cc(C(=O)O)c1OC. The molecule has 1 aromatic rings. The van der Waals surface area contributed by atoms with Gasteiger partial charge in [0.15, 0.2) is 11.5 Å². The molecule has 0 saturated heterocycles. The highest BCUT2D eigenvalue weighted by Gasteiger charge is 2.17. The second-order valence-corrected chi connectivity index (χ2v) is 3.46. The number of benzene rings is 1. The van der Waals surface area contributed by atoms with E-state index in [1.165, 1.54) is 20.3 Å². The molecule has 17 heavy (non-hydrogen) atoms. The first-order chi connectivity index (χ1) is 7.99. The quantitative estimate of drug-likeness (QED) is 0.868. The lowest BCUT2D eigenvalue weighted by molar-refractivity contribution is 0.0692. The van der Waals surface area contributed by atoms with E-state index in [4.69, 9.17) is 14.6 Å². The molecule has 0 fully saturated rings. The molecule has 0 spiro atoms. The highest BCUT2D eigenvalue weighted by molar-refractivity contribution is 7.61. The monoisotopic (exact) mass is 259 g/mol. The molecule has 0 atom stereocenters. The van der Waals surface area contributed by atoms with E-state index in [1.54, 1.807) is 0 Å². The van der Waals surface area contributed by atoms with Crippen molar-refractivity contribution in [3.05, 3.63) is 17.7 Å². The molecule has 0 aliphatic rings. The van der Waals surface area contributed by atoms with Crippen LogP contribution in [0.5, 0.6) is 11.5 Å². The second kappa shape index (κ2) is 5.30. The minimum Gasteiger partial charge on any atom is -0.493 e. The third kappa shape index (κ3) is 2.94. The zero-order valence-corrected chi connectivity index (χ0v) is 9.82. The molecule has 0 radical (unpaired) electrons. The van der Waals surface area contributed by atoms with Gasteiger partial charge in [-0.25, -0.2) is 4.79 Å². The van der Waals surface area contributed by atoms with Crippen LogP contribution < -0.4 is 9.47 Å². The summed E-state index contributed by atoms with van der Waals surface area (Å²) in [5, 5.41) is 8.94. The first kappa shape index (κ1) is 13.0. The maximum atomic E-state index is 11.0. The van der Waals surface area contributed by atoms with Crippen molar-refractivity contribution in [3.8, 4) is 11.5 Å². The van der Waals surface area contributed by atoms with Gasteiger partial charge in [-0.2, -0.15) is 8.42 Å². The van der Waals surface area contributed by atoms with Crippen LogP contribution in [0.1, 0.15) is 10.4 Å². The van der Waals surface area contributed by atoms with E-state index in [1.807, 2.05) is 0 Å². The summed E-state index contributed by atoms with van der Waals surface area (Å²) in [6.07, 6.45) is 0. The number of hydrogen-bond acceptors (Lipinski definition) is 6. The van der Waals surface area contributed by atoms with Crippen molar-refractivity contribution in [2.45, 2.75) is 0 Å². The number of aromatic carboxylic acids is 1. The fourth-order valence-electron chi connectivity index (χ4n) is 1.25. The third-order valence-corrected chi connectivity index (χ3v) is 2.23. The van der Waals surface area contributed by atoms with Gasteiger partial charge in [-0.15, -0.1) is 4.36 Å². The predicted octanol–water partition coefficient (Wildman–Crippen LogP) is 1.10. The van der Waals surface area contributed by atoms with Crippen LogP contribution in [-0.4, -0.2) is 33.7 Å². The lowest BCUT2D eigenvalue weighted by Gasteiger charge is -2.10. The average molecular weight is 259 g/mol. The van der Waals surface area contributed by atoms with Crippen LogP contribution in [0.4, 0.5) is 5.69 Å². The number of nitrogens with zero attached hydrogens (tertiary/aromatic N) is 1. The highest BCUT2D eigenvalue weighted by atomic mass is 32.2. The number of methoxy groups -OCH3 is 2. The molecule has 1 aromatic carbocycles. The van der Waals surface area contributed by atoms with Gasteiger partial charge in [-0.1, -0.05) is 0 Å². The van der Waals surface area contributed by atoms with Gasteiger partial charge in [-0.05, 0) is 6.07 Å². The minimum absolute atomic E-state index is 0.00984. The Labute approximate surface area is 98.3 Å². The topological polar surface area (TPSA) is 102 Å². The summed E-state index contributed by atoms with van der Waals surface area (Å²) in [6.45, 7) is 0. The van der Waals surface area contributed by atoms with Gasteiger partial charge in [0.2, 0.25) is 0 Å². The van der Waals surface area contributed by atoms with E-state index in [2.05, 4.69) is 4.36 Å². The maximum absolute atomic E-state index is 11.0. The van der Waals surface area contributed by atoms with Gasteiger partial charge in [0.25, 0.3) is 0 Å². The maximum Gasteiger partial charge on any atom is 0.339 e. The van der Waals surface area contributed by atoms with Gasteiger partial charge in [-0.3, -0.25) is 0 Å². The zero-order valence-electron chi connectivity index (χ0n) is 9.00. The predicted molar refractivity (Wildman–Crippen MR) is 57.5 cm³/mol. The molecule has 0 aliphatic carbocycles. The van der Waals surface area contributed by atoms with Crippen LogP contribution in [0.15, 0.2) is 16.5 Å². The molecule has 0 saturated carbocycles. The van der Waals surface area contributed by atoms with Crippen molar-refractivity contribution in [1.82, 2.24) is 0 Å². The lowest BCUT2D eigenvalue weighted by atomic mass is 10.1. The van der Waals surface area contributed by atoms with E-state index >= 15 is 0 Å². The Morgan fingerprint density at radius 2 is 1.94 bits per heavy atom. The van der Waals surface area contributed by atoms with Crippen molar-refractivity contribution >= 4 is 22.2 Å². The summed E-state index contributed by atoms with van der Waals surface area (Å²) in [7, 11) is -0.0796. The number of rotatable bonds is 4. The van der Waals surface area contributed by atoms with Crippen LogP contribution in [0.2, 0.25) is 0 Å². The van der Waals surface area contributed by atoms with Gasteiger partial charge in [0, 0.05) is 6.07 Å². The molecular formula is C9H9NO6S. The van der Waals surface area contributed by atoms with E-state index in [-0.39, 0.29) is 22.7 Å². The number of carboxylic acid groups (broad SMARTS) is 1. The third-order valence-electron chi connectivity index (χ3n) is 1.87. The first-order valence-corrected chi connectivity index (χ1v) is 5.33. The van der Waals surface area contributed by atoms with Gasteiger partial charge in [0.05, 0.1) is 19.9 Å². The molecular weight excluding hydrogens is 250 g/mol. The van der Waals surface area contributed by atoms with Crippen LogP contribution in [-0.2, 0) is 10.5 Å². The van der Waals surface area contributed by atoms with Gasteiger partial charge >= 0.3 is 16.5 Å². The molecule has 0 aromatic heterocycles. The van der Waals surface area contributed by atoms with Crippen molar-refractivity contribution in [1.29, 1.82) is 0 Å². The van der Waals surface area contributed by atoms with E-state index < -0.39 is 16.5 Å². The van der Waals surface area contributed by atoms with Crippen molar-refractivity contribution < 1.29 is 27.8 Å². The average Bonchev–Trinajstić information content (AvgIpc) is 2.26. The summed E-state index contributed by atoms with van der Waals surface area (Å²) < 4.78 is 33.8. The Balaban J connectivity index is 3.56. The summed E-state index contributed by atoms with van der Waals surface area (Å²) in [5.74, 6) is -1.17. The zero-order chi connectivity index (χ0) is 13.0. The van der Waals surface area contributed by atoms with E-state index in [0.717, 1.165) is 6.07 Å². The van der Waals surface area contributed by atoms with Crippen molar-refractivity contribution in [2.75, 3.05) is 14.2 Å². The molecule has 0 aliphatic heterocycles.